The molecule has 1 aliphatic heterocycles. The summed E-state index contributed by atoms with van der Waals surface area (Å²) in [4.78, 5) is 24.2. The molecule has 1 fully saturated rings. The minimum atomic E-state index is -0.862. The Labute approximate surface area is 94.3 Å². The van der Waals surface area contributed by atoms with Gasteiger partial charge in [0, 0.05) is 20.2 Å². The van der Waals surface area contributed by atoms with Crippen LogP contribution in [0.2, 0.25) is 0 Å². The quantitative estimate of drug-likeness (QED) is 0.638. The number of carbonyl (C=O) groups is 2. The average Bonchev–Trinajstić information content (AvgIpc) is 2.26. The summed E-state index contributed by atoms with van der Waals surface area (Å²) < 4.78 is 4.82. The van der Waals surface area contributed by atoms with Gasteiger partial charge in [0.25, 0.3) is 0 Å². The molecule has 0 bridgehead atoms. The van der Waals surface area contributed by atoms with E-state index in [1.165, 1.54) is 7.11 Å². The highest BCUT2D eigenvalue weighted by molar-refractivity contribution is 5.86. The van der Waals surface area contributed by atoms with Crippen LogP contribution in [0.1, 0.15) is 19.3 Å². The first-order valence-electron chi connectivity index (χ1n) is 5.32. The molecule has 92 valence electrons. The van der Waals surface area contributed by atoms with Gasteiger partial charge in [-0.1, -0.05) is 0 Å². The third kappa shape index (κ3) is 3.46. The normalized spacial score (nSPS) is 19.5. The lowest BCUT2D eigenvalue weighted by molar-refractivity contribution is -0.141. The fourth-order valence-corrected chi connectivity index (χ4v) is 1.70. The van der Waals surface area contributed by atoms with Crippen LogP contribution in [0.3, 0.4) is 0 Å². The van der Waals surface area contributed by atoms with E-state index in [0.717, 1.165) is 0 Å². The SMILES string of the molecule is COC(CC(=O)N1CCC(O)CC1)C(N)=O. The smallest absolute Gasteiger partial charge is 0.247 e. The Morgan fingerprint density at radius 2 is 2.06 bits per heavy atom. The summed E-state index contributed by atoms with van der Waals surface area (Å²) in [6.07, 6.45) is -0.0419. The lowest BCUT2D eigenvalue weighted by Gasteiger charge is -2.30. The van der Waals surface area contributed by atoms with E-state index in [1.807, 2.05) is 0 Å². The third-order valence-electron chi connectivity index (χ3n) is 2.78. The summed E-state index contributed by atoms with van der Waals surface area (Å²) in [7, 11) is 1.35. The van der Waals surface area contributed by atoms with E-state index in [0.29, 0.717) is 25.9 Å². The molecule has 3 N–H and O–H groups in total. The van der Waals surface area contributed by atoms with Crippen LogP contribution in [0.4, 0.5) is 0 Å². The van der Waals surface area contributed by atoms with Crippen LogP contribution >= 0.6 is 0 Å². The number of primary amides is 1. The van der Waals surface area contributed by atoms with E-state index in [4.69, 9.17) is 10.5 Å². The summed E-state index contributed by atoms with van der Waals surface area (Å²) in [5, 5.41) is 9.29. The highest BCUT2D eigenvalue weighted by atomic mass is 16.5. The monoisotopic (exact) mass is 230 g/mol. The van der Waals surface area contributed by atoms with Crippen molar-refractivity contribution in [3.05, 3.63) is 0 Å². The van der Waals surface area contributed by atoms with E-state index in [1.54, 1.807) is 4.90 Å². The van der Waals surface area contributed by atoms with Crippen LogP contribution in [-0.2, 0) is 14.3 Å². The van der Waals surface area contributed by atoms with E-state index >= 15 is 0 Å². The second-order valence-electron chi connectivity index (χ2n) is 3.94. The van der Waals surface area contributed by atoms with Crippen LogP contribution in [0.15, 0.2) is 0 Å². The summed E-state index contributed by atoms with van der Waals surface area (Å²) in [5.74, 6) is -0.787. The predicted molar refractivity (Wildman–Crippen MR) is 56.4 cm³/mol. The number of carbonyl (C=O) groups excluding carboxylic acids is 2. The van der Waals surface area contributed by atoms with Crippen molar-refractivity contribution in [1.82, 2.24) is 4.90 Å². The molecule has 6 nitrogen and oxygen atoms in total. The first-order valence-corrected chi connectivity index (χ1v) is 5.32. The van der Waals surface area contributed by atoms with Crippen molar-refractivity contribution in [1.29, 1.82) is 0 Å². The first kappa shape index (κ1) is 12.9. The number of hydrogen-bond acceptors (Lipinski definition) is 4. The van der Waals surface area contributed by atoms with Gasteiger partial charge in [-0.3, -0.25) is 9.59 Å². The van der Waals surface area contributed by atoms with Crippen LogP contribution in [0.5, 0.6) is 0 Å². The Morgan fingerprint density at radius 3 is 2.50 bits per heavy atom. The number of ether oxygens (including phenoxy) is 1. The molecule has 1 saturated heterocycles. The fraction of sp³-hybridized carbons (Fsp3) is 0.800. The van der Waals surface area contributed by atoms with Gasteiger partial charge in [0.15, 0.2) is 0 Å². The molecular formula is C10H18N2O4. The lowest BCUT2D eigenvalue weighted by Crippen LogP contribution is -2.43. The Morgan fingerprint density at radius 1 is 1.50 bits per heavy atom. The summed E-state index contributed by atoms with van der Waals surface area (Å²) in [6, 6.07) is 0. The van der Waals surface area contributed by atoms with Gasteiger partial charge in [-0.2, -0.15) is 0 Å². The Balaban J connectivity index is 2.42. The molecule has 0 aromatic heterocycles. The molecule has 0 spiro atoms. The van der Waals surface area contributed by atoms with Crippen molar-refractivity contribution < 1.29 is 19.4 Å². The predicted octanol–water partition coefficient (Wildman–Crippen LogP) is -1.14. The molecule has 16 heavy (non-hydrogen) atoms. The zero-order valence-electron chi connectivity index (χ0n) is 9.39. The van der Waals surface area contributed by atoms with Gasteiger partial charge in [-0.25, -0.2) is 0 Å². The zero-order valence-corrected chi connectivity index (χ0v) is 9.39. The van der Waals surface area contributed by atoms with Gasteiger partial charge in [-0.15, -0.1) is 0 Å². The number of rotatable bonds is 4. The number of amides is 2. The molecule has 0 aromatic rings. The molecule has 1 heterocycles. The molecule has 1 rings (SSSR count). The topological polar surface area (TPSA) is 92.9 Å². The van der Waals surface area contributed by atoms with Crippen LogP contribution in [0.25, 0.3) is 0 Å². The number of aliphatic hydroxyl groups excluding tert-OH is 1. The second kappa shape index (κ2) is 5.81. The minimum Gasteiger partial charge on any atom is -0.393 e. The number of nitrogens with zero attached hydrogens (tertiary/aromatic N) is 1. The summed E-state index contributed by atoms with van der Waals surface area (Å²) in [6.45, 7) is 1.05. The van der Waals surface area contributed by atoms with Gasteiger partial charge in [0.05, 0.1) is 12.5 Å². The molecule has 1 unspecified atom stereocenters. The van der Waals surface area contributed by atoms with E-state index in [9.17, 15) is 14.7 Å². The number of methoxy groups -OCH3 is 1. The molecule has 1 aliphatic rings. The maximum atomic E-state index is 11.7. The Bertz CT molecular complexity index is 262. The first-order chi connectivity index (χ1) is 7.54. The second-order valence-corrected chi connectivity index (χ2v) is 3.94. The molecule has 2 amide bonds. The van der Waals surface area contributed by atoms with Gasteiger partial charge in [0.2, 0.25) is 11.8 Å². The van der Waals surface area contributed by atoms with Gasteiger partial charge in [0.1, 0.15) is 6.10 Å². The van der Waals surface area contributed by atoms with Crippen molar-refractivity contribution in [3.8, 4) is 0 Å². The number of likely N-dealkylation sites (tertiary alicyclic amines) is 1. The molecule has 0 radical (unpaired) electrons. The molecule has 1 atom stereocenters. The summed E-state index contributed by atoms with van der Waals surface area (Å²) in [5.41, 5.74) is 5.07. The van der Waals surface area contributed by atoms with Crippen molar-refractivity contribution in [3.63, 3.8) is 0 Å². The van der Waals surface area contributed by atoms with Crippen LogP contribution in [0, 0.1) is 0 Å². The molecule has 0 aromatic carbocycles. The molecule has 0 saturated carbocycles. The number of aliphatic hydroxyl groups is 1. The Kier molecular flexibility index (Phi) is 4.70. The van der Waals surface area contributed by atoms with E-state index in [2.05, 4.69) is 0 Å². The van der Waals surface area contributed by atoms with Crippen LogP contribution < -0.4 is 5.73 Å². The summed E-state index contributed by atoms with van der Waals surface area (Å²) >= 11 is 0. The van der Waals surface area contributed by atoms with Gasteiger partial charge >= 0.3 is 0 Å². The van der Waals surface area contributed by atoms with Crippen molar-refractivity contribution in [2.75, 3.05) is 20.2 Å². The lowest BCUT2D eigenvalue weighted by atomic mass is 10.1. The number of nitrogens with two attached hydrogens (primary N) is 1. The molecule has 0 aliphatic carbocycles. The molecular weight excluding hydrogens is 212 g/mol. The van der Waals surface area contributed by atoms with Crippen molar-refractivity contribution in [2.24, 2.45) is 5.73 Å². The highest BCUT2D eigenvalue weighted by Crippen LogP contribution is 2.12. The standard InChI is InChI=1S/C10H18N2O4/c1-16-8(10(11)15)6-9(14)12-4-2-7(13)3-5-12/h7-8,13H,2-6H2,1H3,(H2,11,15). The fourth-order valence-electron chi connectivity index (χ4n) is 1.70. The van der Waals surface area contributed by atoms with Gasteiger partial charge < -0.3 is 20.5 Å². The third-order valence-corrected chi connectivity index (χ3v) is 2.78. The number of hydrogen-bond donors (Lipinski definition) is 2. The van der Waals surface area contributed by atoms with E-state index < -0.39 is 12.0 Å². The maximum absolute atomic E-state index is 11.7. The van der Waals surface area contributed by atoms with E-state index in [-0.39, 0.29) is 18.4 Å². The number of piperidine rings is 1. The highest BCUT2D eigenvalue weighted by Gasteiger charge is 2.25. The maximum Gasteiger partial charge on any atom is 0.247 e. The Hall–Kier alpha value is -1.14. The zero-order chi connectivity index (χ0) is 12.1. The average molecular weight is 230 g/mol. The minimum absolute atomic E-state index is 0.0259. The molecule has 6 heteroatoms. The van der Waals surface area contributed by atoms with Crippen molar-refractivity contribution >= 4 is 11.8 Å². The van der Waals surface area contributed by atoms with Gasteiger partial charge in [-0.05, 0) is 12.8 Å². The largest absolute Gasteiger partial charge is 0.393 e. The van der Waals surface area contributed by atoms with Crippen molar-refractivity contribution in [2.45, 2.75) is 31.5 Å². The van der Waals surface area contributed by atoms with Crippen LogP contribution in [-0.4, -0.2) is 54.2 Å².